The fraction of sp³-hybridized carbons (Fsp3) is 0.176. The van der Waals surface area contributed by atoms with Crippen molar-refractivity contribution >= 4 is 32.5 Å². The van der Waals surface area contributed by atoms with Gasteiger partial charge in [-0.25, -0.2) is 13.1 Å². The van der Waals surface area contributed by atoms with Crippen molar-refractivity contribution in [1.29, 1.82) is 0 Å². The molecule has 1 heterocycles. The SMILES string of the molecule is O=S(=O)(NC1Cc2[nH]c3ccccc3c2C1)c1ccc(Cl)cc1. The average Bonchev–Trinajstić information content (AvgIpc) is 3.04. The zero-order chi connectivity index (χ0) is 16.0. The van der Waals surface area contributed by atoms with Crippen molar-refractivity contribution in [3.8, 4) is 0 Å². The van der Waals surface area contributed by atoms with Gasteiger partial charge in [-0.2, -0.15) is 0 Å². The fourth-order valence-corrected chi connectivity index (χ4v) is 4.57. The lowest BCUT2D eigenvalue weighted by atomic mass is 10.1. The number of hydrogen-bond acceptors (Lipinski definition) is 2. The maximum Gasteiger partial charge on any atom is 0.240 e. The van der Waals surface area contributed by atoms with E-state index in [1.165, 1.54) is 23.1 Å². The molecule has 1 aliphatic carbocycles. The molecule has 2 aromatic carbocycles. The molecule has 6 heteroatoms. The highest BCUT2D eigenvalue weighted by Crippen LogP contribution is 2.30. The van der Waals surface area contributed by atoms with Gasteiger partial charge in [0.05, 0.1) is 4.90 Å². The monoisotopic (exact) mass is 346 g/mol. The minimum absolute atomic E-state index is 0.124. The summed E-state index contributed by atoms with van der Waals surface area (Å²) in [5.74, 6) is 0. The number of benzene rings is 2. The molecule has 2 N–H and O–H groups in total. The first-order valence-electron chi connectivity index (χ1n) is 7.39. The van der Waals surface area contributed by atoms with Crippen molar-refractivity contribution in [2.24, 2.45) is 0 Å². The summed E-state index contributed by atoms with van der Waals surface area (Å²) < 4.78 is 27.7. The van der Waals surface area contributed by atoms with Gasteiger partial charge in [-0.05, 0) is 42.3 Å². The number of para-hydroxylation sites is 1. The van der Waals surface area contributed by atoms with Crippen molar-refractivity contribution in [2.45, 2.75) is 23.8 Å². The number of aromatic nitrogens is 1. The van der Waals surface area contributed by atoms with Gasteiger partial charge in [-0.15, -0.1) is 0 Å². The Hall–Kier alpha value is -1.82. The second-order valence-corrected chi connectivity index (χ2v) is 7.96. The first kappa shape index (κ1) is 14.8. The minimum Gasteiger partial charge on any atom is -0.358 e. The zero-order valence-corrected chi connectivity index (χ0v) is 13.8. The van der Waals surface area contributed by atoms with Crippen LogP contribution in [-0.2, 0) is 22.9 Å². The third kappa shape index (κ3) is 2.65. The number of nitrogens with one attached hydrogen (secondary N) is 2. The van der Waals surface area contributed by atoms with E-state index in [9.17, 15) is 8.42 Å². The molecule has 118 valence electrons. The van der Waals surface area contributed by atoms with E-state index in [2.05, 4.69) is 15.8 Å². The molecule has 3 aromatic rings. The van der Waals surface area contributed by atoms with E-state index in [1.54, 1.807) is 12.1 Å². The topological polar surface area (TPSA) is 62.0 Å². The highest BCUT2D eigenvalue weighted by atomic mass is 35.5. The Kier molecular flexibility index (Phi) is 3.44. The predicted molar refractivity (Wildman–Crippen MR) is 91.3 cm³/mol. The maximum absolute atomic E-state index is 12.5. The van der Waals surface area contributed by atoms with Crippen LogP contribution in [0, 0.1) is 0 Å². The molecular formula is C17H15ClN2O2S. The van der Waals surface area contributed by atoms with Gasteiger partial charge in [-0.1, -0.05) is 29.8 Å². The van der Waals surface area contributed by atoms with E-state index in [1.807, 2.05) is 18.2 Å². The van der Waals surface area contributed by atoms with E-state index in [0.29, 0.717) is 17.9 Å². The van der Waals surface area contributed by atoms with Gasteiger partial charge in [0.2, 0.25) is 10.0 Å². The van der Waals surface area contributed by atoms with Crippen molar-refractivity contribution < 1.29 is 8.42 Å². The summed E-state index contributed by atoms with van der Waals surface area (Å²) in [6.45, 7) is 0. The molecule has 4 nitrogen and oxygen atoms in total. The normalized spacial score (nSPS) is 17.5. The third-order valence-electron chi connectivity index (χ3n) is 4.25. The summed E-state index contributed by atoms with van der Waals surface area (Å²) in [6, 6.07) is 14.2. The Morgan fingerprint density at radius 3 is 2.57 bits per heavy atom. The summed E-state index contributed by atoms with van der Waals surface area (Å²) in [5, 5.41) is 1.70. The summed E-state index contributed by atoms with van der Waals surface area (Å²) in [4.78, 5) is 3.62. The lowest BCUT2D eigenvalue weighted by Crippen LogP contribution is -2.35. The molecule has 1 aromatic heterocycles. The van der Waals surface area contributed by atoms with Crippen LogP contribution >= 0.6 is 11.6 Å². The summed E-state index contributed by atoms with van der Waals surface area (Å²) in [5.41, 5.74) is 3.44. The van der Waals surface area contributed by atoms with Crippen molar-refractivity contribution in [2.75, 3.05) is 0 Å². The molecule has 23 heavy (non-hydrogen) atoms. The van der Waals surface area contributed by atoms with Gasteiger partial charge in [-0.3, -0.25) is 0 Å². The Morgan fingerprint density at radius 2 is 1.78 bits per heavy atom. The van der Waals surface area contributed by atoms with Gasteiger partial charge in [0.1, 0.15) is 0 Å². The summed E-state index contributed by atoms with van der Waals surface area (Å²) in [6.07, 6.45) is 1.38. The van der Waals surface area contributed by atoms with Gasteiger partial charge < -0.3 is 4.98 Å². The van der Waals surface area contributed by atoms with Crippen LogP contribution in [0.15, 0.2) is 53.4 Å². The quantitative estimate of drug-likeness (QED) is 0.764. The summed E-state index contributed by atoms with van der Waals surface area (Å²) in [7, 11) is -3.53. The fourth-order valence-electron chi connectivity index (χ4n) is 3.21. The number of hydrogen-bond donors (Lipinski definition) is 2. The first-order chi connectivity index (χ1) is 11.0. The van der Waals surface area contributed by atoms with Gasteiger partial charge >= 0.3 is 0 Å². The molecule has 0 fully saturated rings. The first-order valence-corrected chi connectivity index (χ1v) is 9.25. The van der Waals surface area contributed by atoms with E-state index < -0.39 is 10.0 Å². The van der Waals surface area contributed by atoms with Crippen LogP contribution in [0.3, 0.4) is 0 Å². The molecule has 1 atom stereocenters. The van der Waals surface area contributed by atoms with Crippen molar-refractivity contribution in [3.63, 3.8) is 0 Å². The number of sulfonamides is 1. The molecule has 0 spiro atoms. The molecule has 0 amide bonds. The van der Waals surface area contributed by atoms with Gasteiger partial charge in [0.25, 0.3) is 0 Å². The number of aromatic amines is 1. The van der Waals surface area contributed by atoms with Gasteiger partial charge in [0, 0.05) is 34.1 Å². The maximum atomic E-state index is 12.5. The van der Waals surface area contributed by atoms with Crippen LogP contribution in [0.1, 0.15) is 11.3 Å². The van der Waals surface area contributed by atoms with Crippen LogP contribution in [0.2, 0.25) is 5.02 Å². The van der Waals surface area contributed by atoms with Crippen LogP contribution in [-0.4, -0.2) is 19.4 Å². The molecule has 0 saturated carbocycles. The van der Waals surface area contributed by atoms with E-state index in [0.717, 1.165) is 11.2 Å². The Morgan fingerprint density at radius 1 is 1.04 bits per heavy atom. The lowest BCUT2D eigenvalue weighted by Gasteiger charge is -2.13. The Bertz CT molecular complexity index is 978. The molecule has 1 aliphatic rings. The number of halogens is 1. The Balaban J connectivity index is 1.57. The number of rotatable bonds is 3. The molecule has 0 saturated heterocycles. The van der Waals surface area contributed by atoms with E-state index >= 15 is 0 Å². The lowest BCUT2D eigenvalue weighted by molar-refractivity contribution is 0.555. The highest BCUT2D eigenvalue weighted by Gasteiger charge is 2.29. The van der Waals surface area contributed by atoms with Crippen LogP contribution in [0.25, 0.3) is 10.9 Å². The zero-order valence-electron chi connectivity index (χ0n) is 12.2. The van der Waals surface area contributed by atoms with Crippen molar-refractivity contribution in [1.82, 2.24) is 9.71 Å². The minimum atomic E-state index is -3.53. The molecule has 1 unspecified atom stereocenters. The van der Waals surface area contributed by atoms with Gasteiger partial charge in [0.15, 0.2) is 0 Å². The van der Waals surface area contributed by atoms with Crippen LogP contribution in [0.4, 0.5) is 0 Å². The number of H-pyrrole nitrogens is 1. The van der Waals surface area contributed by atoms with Crippen LogP contribution < -0.4 is 4.72 Å². The third-order valence-corrected chi connectivity index (χ3v) is 6.04. The second kappa shape index (κ2) is 5.37. The standard InChI is InChI=1S/C17H15ClN2O2S/c18-11-5-7-13(8-6-11)23(21,22)20-12-9-15-14-3-1-2-4-16(14)19-17(15)10-12/h1-8,12,19-20H,9-10H2. The van der Waals surface area contributed by atoms with E-state index in [4.69, 9.17) is 11.6 Å². The van der Waals surface area contributed by atoms with Crippen molar-refractivity contribution in [3.05, 3.63) is 64.8 Å². The van der Waals surface area contributed by atoms with E-state index in [-0.39, 0.29) is 10.9 Å². The Labute approximate surface area is 139 Å². The smallest absolute Gasteiger partial charge is 0.240 e. The van der Waals surface area contributed by atoms with Crippen LogP contribution in [0.5, 0.6) is 0 Å². The largest absolute Gasteiger partial charge is 0.358 e. The average molecular weight is 347 g/mol. The molecular weight excluding hydrogens is 332 g/mol. The molecule has 0 aliphatic heterocycles. The molecule has 4 rings (SSSR count). The predicted octanol–water partition coefficient (Wildman–Crippen LogP) is 3.27. The molecule has 0 bridgehead atoms. The highest BCUT2D eigenvalue weighted by molar-refractivity contribution is 7.89. The summed E-state index contributed by atoms with van der Waals surface area (Å²) >= 11 is 5.81. The number of fused-ring (bicyclic) bond motifs is 3. The molecule has 0 radical (unpaired) electrons. The second-order valence-electron chi connectivity index (χ2n) is 5.81.